The second-order valence-corrected chi connectivity index (χ2v) is 5.95. The monoisotopic (exact) mass is 263 g/mol. The molecule has 4 nitrogen and oxygen atoms in total. The predicted octanol–water partition coefficient (Wildman–Crippen LogP) is 2.85. The largest absolute Gasteiger partial charge is 0.497 e. The second-order valence-electron chi connectivity index (χ2n) is 5.95. The molecule has 0 aliphatic rings. The van der Waals surface area contributed by atoms with E-state index in [1.165, 1.54) is 0 Å². The molecule has 0 saturated heterocycles. The van der Waals surface area contributed by atoms with Crippen LogP contribution in [0.1, 0.15) is 33.3 Å². The third-order valence-electron chi connectivity index (χ3n) is 3.71. The topological polar surface area (TPSA) is 62.3 Å². The van der Waals surface area contributed by atoms with E-state index in [-0.39, 0.29) is 11.3 Å². The molecule has 0 heterocycles. The first-order valence-corrected chi connectivity index (χ1v) is 6.43. The van der Waals surface area contributed by atoms with Gasteiger partial charge in [0.1, 0.15) is 11.6 Å². The van der Waals surface area contributed by atoms with E-state index in [1.807, 2.05) is 25.2 Å². The summed E-state index contributed by atoms with van der Waals surface area (Å²) >= 11 is 0. The fourth-order valence-corrected chi connectivity index (χ4v) is 1.95. The van der Waals surface area contributed by atoms with Crippen molar-refractivity contribution in [3.8, 4) is 5.75 Å². The molecule has 1 unspecified atom stereocenters. The van der Waals surface area contributed by atoms with Crippen LogP contribution in [0.25, 0.3) is 0 Å². The number of rotatable bonds is 4. The van der Waals surface area contributed by atoms with Crippen LogP contribution < -0.4 is 15.4 Å². The minimum absolute atomic E-state index is 0.0746. The maximum absolute atomic E-state index is 7.70. The molecule has 0 aliphatic heterocycles. The predicted molar refractivity (Wildman–Crippen MR) is 81.3 cm³/mol. The van der Waals surface area contributed by atoms with Gasteiger partial charge in [-0.1, -0.05) is 20.8 Å². The van der Waals surface area contributed by atoms with Crippen LogP contribution in [0.2, 0.25) is 0 Å². The van der Waals surface area contributed by atoms with Gasteiger partial charge in [0.2, 0.25) is 0 Å². The molecule has 0 aromatic heterocycles. The number of anilines is 1. The summed E-state index contributed by atoms with van der Waals surface area (Å²) in [6.07, 6.45) is 0. The highest BCUT2D eigenvalue weighted by Gasteiger charge is 2.26. The Hall–Kier alpha value is -1.71. The number of ether oxygens (including phenoxy) is 1. The van der Waals surface area contributed by atoms with Gasteiger partial charge in [-0.3, -0.25) is 5.41 Å². The number of amidine groups is 1. The Bertz CT molecular complexity index is 463. The summed E-state index contributed by atoms with van der Waals surface area (Å²) in [4.78, 5) is 2.15. The highest BCUT2D eigenvalue weighted by Crippen LogP contribution is 2.31. The first-order valence-electron chi connectivity index (χ1n) is 6.43. The molecule has 0 radical (unpaired) electrons. The molecule has 1 aromatic rings. The zero-order chi connectivity index (χ0) is 14.8. The van der Waals surface area contributed by atoms with Gasteiger partial charge in [0.15, 0.2) is 0 Å². The van der Waals surface area contributed by atoms with E-state index >= 15 is 0 Å². The van der Waals surface area contributed by atoms with Crippen molar-refractivity contribution in [1.82, 2.24) is 0 Å². The summed E-state index contributed by atoms with van der Waals surface area (Å²) in [6.45, 7) is 8.76. The molecule has 0 spiro atoms. The molecule has 106 valence electrons. The van der Waals surface area contributed by atoms with Crippen molar-refractivity contribution in [3.63, 3.8) is 0 Å². The van der Waals surface area contributed by atoms with Gasteiger partial charge in [0.05, 0.1) is 12.8 Å². The van der Waals surface area contributed by atoms with Crippen molar-refractivity contribution in [2.45, 2.75) is 33.7 Å². The van der Waals surface area contributed by atoms with E-state index < -0.39 is 0 Å². The van der Waals surface area contributed by atoms with E-state index in [2.05, 4.69) is 32.6 Å². The molecule has 0 amide bonds. The average Bonchev–Trinajstić information content (AvgIpc) is 2.34. The fraction of sp³-hybridized carbons (Fsp3) is 0.533. The Morgan fingerprint density at radius 1 is 1.37 bits per heavy atom. The van der Waals surface area contributed by atoms with Crippen molar-refractivity contribution < 1.29 is 4.74 Å². The van der Waals surface area contributed by atoms with Crippen LogP contribution in [0.3, 0.4) is 0 Å². The second kappa shape index (κ2) is 5.51. The lowest BCUT2D eigenvalue weighted by Crippen LogP contribution is -2.40. The summed E-state index contributed by atoms with van der Waals surface area (Å²) in [5.41, 5.74) is 7.46. The normalized spacial score (nSPS) is 12.9. The molecule has 1 aromatic carbocycles. The summed E-state index contributed by atoms with van der Waals surface area (Å²) in [7, 11) is 3.66. The van der Waals surface area contributed by atoms with Crippen molar-refractivity contribution in [2.75, 3.05) is 19.1 Å². The number of nitrogen functional groups attached to an aromatic ring is 1. The zero-order valence-electron chi connectivity index (χ0n) is 12.7. The first-order chi connectivity index (χ1) is 8.68. The maximum Gasteiger partial charge on any atom is 0.124 e. The summed E-state index contributed by atoms with van der Waals surface area (Å²) in [5.74, 6) is 0.846. The number of methoxy groups -OCH3 is 1. The third-order valence-corrected chi connectivity index (χ3v) is 3.71. The smallest absolute Gasteiger partial charge is 0.124 e. The van der Waals surface area contributed by atoms with Gasteiger partial charge >= 0.3 is 0 Å². The SMILES string of the molecule is COc1ccc(C(=N)N)c(N(C)C(C)C(C)(C)C)c1. The fourth-order valence-electron chi connectivity index (χ4n) is 1.95. The van der Waals surface area contributed by atoms with E-state index in [0.29, 0.717) is 6.04 Å². The quantitative estimate of drug-likeness (QED) is 0.648. The van der Waals surface area contributed by atoms with Crippen LogP contribution in [-0.2, 0) is 0 Å². The van der Waals surface area contributed by atoms with Gasteiger partial charge in [-0.05, 0) is 24.5 Å². The van der Waals surface area contributed by atoms with Gasteiger partial charge in [-0.15, -0.1) is 0 Å². The van der Waals surface area contributed by atoms with Crippen molar-refractivity contribution in [1.29, 1.82) is 5.41 Å². The van der Waals surface area contributed by atoms with Crippen molar-refractivity contribution in [3.05, 3.63) is 23.8 Å². The molecule has 3 N–H and O–H groups in total. The molecule has 0 saturated carbocycles. The number of hydrogen-bond acceptors (Lipinski definition) is 3. The van der Waals surface area contributed by atoms with Gasteiger partial charge in [-0.2, -0.15) is 0 Å². The Balaban J connectivity index is 3.26. The molecular formula is C15H25N3O. The highest BCUT2D eigenvalue weighted by atomic mass is 16.5. The molecule has 19 heavy (non-hydrogen) atoms. The van der Waals surface area contributed by atoms with E-state index in [9.17, 15) is 0 Å². The number of nitrogens with one attached hydrogen (secondary N) is 1. The van der Waals surface area contributed by atoms with Crippen LogP contribution in [0, 0.1) is 10.8 Å². The first kappa shape index (κ1) is 15.3. The van der Waals surface area contributed by atoms with E-state index in [0.717, 1.165) is 17.0 Å². The molecule has 4 heteroatoms. The number of nitrogens with zero attached hydrogens (tertiary/aromatic N) is 1. The minimum Gasteiger partial charge on any atom is -0.497 e. The van der Waals surface area contributed by atoms with Crippen LogP contribution in [0.5, 0.6) is 5.75 Å². The van der Waals surface area contributed by atoms with Gasteiger partial charge < -0.3 is 15.4 Å². The lowest BCUT2D eigenvalue weighted by atomic mass is 9.86. The number of hydrogen-bond donors (Lipinski definition) is 2. The molecule has 1 atom stereocenters. The van der Waals surface area contributed by atoms with Gasteiger partial charge in [-0.25, -0.2) is 0 Å². The number of nitrogens with two attached hydrogens (primary N) is 1. The molecule has 1 rings (SSSR count). The summed E-state index contributed by atoms with van der Waals surface area (Å²) < 4.78 is 5.27. The molecule has 0 aliphatic carbocycles. The Morgan fingerprint density at radius 2 is 1.95 bits per heavy atom. The maximum atomic E-state index is 7.70. The van der Waals surface area contributed by atoms with Crippen molar-refractivity contribution >= 4 is 11.5 Å². The average molecular weight is 263 g/mol. The molecular weight excluding hydrogens is 238 g/mol. The van der Waals surface area contributed by atoms with E-state index in [4.69, 9.17) is 15.9 Å². The highest BCUT2D eigenvalue weighted by molar-refractivity contribution is 6.00. The van der Waals surface area contributed by atoms with Crippen molar-refractivity contribution in [2.24, 2.45) is 11.1 Å². The van der Waals surface area contributed by atoms with Crippen LogP contribution in [-0.4, -0.2) is 26.0 Å². The van der Waals surface area contributed by atoms with Crippen LogP contribution in [0.15, 0.2) is 18.2 Å². The van der Waals surface area contributed by atoms with Gasteiger partial charge in [0, 0.05) is 24.7 Å². The molecule has 0 bridgehead atoms. The summed E-state index contributed by atoms with van der Waals surface area (Å²) in [6, 6.07) is 5.90. The third kappa shape index (κ3) is 3.40. The zero-order valence-corrected chi connectivity index (χ0v) is 12.7. The lowest BCUT2D eigenvalue weighted by Gasteiger charge is -2.37. The Morgan fingerprint density at radius 3 is 2.37 bits per heavy atom. The van der Waals surface area contributed by atoms with E-state index in [1.54, 1.807) is 7.11 Å². The minimum atomic E-state index is 0.0746. The van der Waals surface area contributed by atoms with Crippen LogP contribution >= 0.6 is 0 Å². The Kier molecular flexibility index (Phi) is 4.45. The van der Waals surface area contributed by atoms with Gasteiger partial charge in [0.25, 0.3) is 0 Å². The molecule has 0 fully saturated rings. The Labute approximate surface area is 116 Å². The van der Waals surface area contributed by atoms with Crippen LogP contribution in [0.4, 0.5) is 5.69 Å². The number of benzene rings is 1. The standard InChI is InChI=1S/C15H25N3O/c1-10(15(2,3)4)18(5)13-9-11(19-6)7-8-12(13)14(16)17/h7-10H,1-6H3,(H3,16,17). The summed E-state index contributed by atoms with van der Waals surface area (Å²) in [5, 5.41) is 7.70. The lowest BCUT2D eigenvalue weighted by molar-refractivity contribution is 0.329.